The van der Waals surface area contributed by atoms with Crippen LogP contribution in [0.1, 0.15) is 28.2 Å². The predicted octanol–water partition coefficient (Wildman–Crippen LogP) is 3.34. The number of hydrogen-bond donors (Lipinski definition) is 2. The fraction of sp³-hybridized carbons (Fsp3) is 0.318. The molecule has 1 amide bonds. The Kier molecular flexibility index (Phi) is 6.38. The third-order valence-corrected chi connectivity index (χ3v) is 5.06. The molecular weight excluding hydrogens is 437 g/mol. The van der Waals surface area contributed by atoms with Gasteiger partial charge in [0.2, 0.25) is 5.95 Å². The summed E-state index contributed by atoms with van der Waals surface area (Å²) < 4.78 is 42.6. The second-order valence-electron chi connectivity index (χ2n) is 7.57. The summed E-state index contributed by atoms with van der Waals surface area (Å²) in [6.07, 6.45) is 1.32. The van der Waals surface area contributed by atoms with Crippen LogP contribution in [0.4, 0.5) is 19.1 Å². The first kappa shape index (κ1) is 22.4. The van der Waals surface area contributed by atoms with E-state index in [0.717, 1.165) is 22.4 Å². The molecule has 0 unspecified atom stereocenters. The van der Waals surface area contributed by atoms with Crippen LogP contribution >= 0.6 is 0 Å². The number of anilines is 1. The predicted molar refractivity (Wildman–Crippen MR) is 114 cm³/mol. The number of amides is 1. The van der Waals surface area contributed by atoms with Crippen LogP contribution in [0.3, 0.4) is 0 Å². The molecular formula is C22H21F3N6O2. The number of aryl methyl sites for hydroxylation is 1. The Labute approximate surface area is 187 Å². The number of fused-ring (bicyclic) bond motifs is 1. The molecule has 33 heavy (non-hydrogen) atoms. The minimum absolute atomic E-state index is 0.0238. The van der Waals surface area contributed by atoms with Gasteiger partial charge in [0.25, 0.3) is 5.91 Å². The summed E-state index contributed by atoms with van der Waals surface area (Å²) in [5.41, 5.74) is 2.93. The number of ether oxygens (including phenoxy) is 1. The third-order valence-electron chi connectivity index (χ3n) is 5.06. The molecule has 2 N–H and O–H groups in total. The number of benzene rings is 1. The lowest BCUT2D eigenvalue weighted by Gasteiger charge is -2.27. The van der Waals surface area contributed by atoms with Gasteiger partial charge in [0.05, 0.1) is 18.0 Å². The molecule has 3 aromatic rings. The van der Waals surface area contributed by atoms with Crippen molar-refractivity contribution in [2.75, 3.05) is 18.5 Å². The summed E-state index contributed by atoms with van der Waals surface area (Å²) >= 11 is 0. The topological polar surface area (TPSA) is 102 Å². The van der Waals surface area contributed by atoms with Gasteiger partial charge < -0.3 is 15.4 Å². The molecule has 3 heterocycles. The molecule has 0 aliphatic carbocycles. The molecule has 8 nitrogen and oxygen atoms in total. The Morgan fingerprint density at radius 2 is 1.85 bits per heavy atom. The van der Waals surface area contributed by atoms with Crippen molar-refractivity contribution in [3.63, 3.8) is 0 Å². The SMILES string of the molecule is Cc1ncc(-c2cccc3c2C[C@H](NC(=O)c2cnc(NCCC(F)(F)F)nc2)CO3)cn1. The van der Waals surface area contributed by atoms with Crippen molar-refractivity contribution in [2.45, 2.75) is 32.0 Å². The van der Waals surface area contributed by atoms with E-state index in [-0.39, 0.29) is 24.1 Å². The van der Waals surface area contributed by atoms with Crippen molar-refractivity contribution in [1.82, 2.24) is 25.3 Å². The zero-order valence-corrected chi connectivity index (χ0v) is 17.7. The number of halogens is 3. The Morgan fingerprint density at radius 3 is 2.55 bits per heavy atom. The van der Waals surface area contributed by atoms with E-state index in [1.165, 1.54) is 12.4 Å². The van der Waals surface area contributed by atoms with Crippen LogP contribution in [0.2, 0.25) is 0 Å². The van der Waals surface area contributed by atoms with Gasteiger partial charge in [0.1, 0.15) is 18.2 Å². The normalized spacial score (nSPS) is 15.3. The van der Waals surface area contributed by atoms with Crippen LogP contribution in [-0.4, -0.2) is 51.2 Å². The maximum absolute atomic E-state index is 12.6. The third kappa shape index (κ3) is 5.73. The maximum Gasteiger partial charge on any atom is 0.390 e. The van der Waals surface area contributed by atoms with Crippen molar-refractivity contribution in [3.8, 4) is 16.9 Å². The van der Waals surface area contributed by atoms with Gasteiger partial charge in [0, 0.05) is 48.9 Å². The second-order valence-corrected chi connectivity index (χ2v) is 7.57. The number of hydrogen-bond acceptors (Lipinski definition) is 7. The van der Waals surface area contributed by atoms with Crippen LogP contribution in [0.15, 0.2) is 43.0 Å². The van der Waals surface area contributed by atoms with Crippen molar-refractivity contribution in [2.24, 2.45) is 0 Å². The van der Waals surface area contributed by atoms with Crippen molar-refractivity contribution in [1.29, 1.82) is 0 Å². The van der Waals surface area contributed by atoms with Crippen LogP contribution in [0.5, 0.6) is 5.75 Å². The molecule has 11 heteroatoms. The second kappa shape index (κ2) is 9.39. The van der Waals surface area contributed by atoms with E-state index in [0.29, 0.717) is 18.9 Å². The minimum Gasteiger partial charge on any atom is -0.491 e. The lowest BCUT2D eigenvalue weighted by Crippen LogP contribution is -2.43. The molecule has 1 aromatic carbocycles. The number of carbonyl (C=O) groups excluding carboxylic acids is 1. The van der Waals surface area contributed by atoms with Gasteiger partial charge in [0.15, 0.2) is 0 Å². The standard InChI is InChI=1S/C22H21F3N6O2/c1-13-27-8-14(9-28-13)17-3-2-4-19-18(17)7-16(12-33-19)31-20(32)15-10-29-21(30-11-15)26-6-5-22(23,24)25/h2-4,8-11,16H,5-7,12H2,1H3,(H,31,32)(H,26,29,30)/t16-/m0/s1. The molecule has 0 radical (unpaired) electrons. The van der Waals surface area contributed by atoms with Gasteiger partial charge in [-0.25, -0.2) is 19.9 Å². The van der Waals surface area contributed by atoms with Gasteiger partial charge in [-0.15, -0.1) is 0 Å². The van der Waals surface area contributed by atoms with Crippen molar-refractivity contribution in [3.05, 3.63) is 59.9 Å². The first-order valence-electron chi connectivity index (χ1n) is 10.3. The summed E-state index contributed by atoms with van der Waals surface area (Å²) in [5, 5.41) is 5.38. The van der Waals surface area contributed by atoms with Gasteiger partial charge in [-0.2, -0.15) is 13.2 Å². The van der Waals surface area contributed by atoms with E-state index in [1.807, 2.05) is 25.1 Å². The largest absolute Gasteiger partial charge is 0.491 e. The highest BCUT2D eigenvalue weighted by Crippen LogP contribution is 2.34. The number of nitrogens with one attached hydrogen (secondary N) is 2. The molecule has 0 saturated heterocycles. The molecule has 4 rings (SSSR count). The van der Waals surface area contributed by atoms with Gasteiger partial charge in [-0.1, -0.05) is 12.1 Å². The van der Waals surface area contributed by atoms with Crippen LogP contribution in [0.25, 0.3) is 11.1 Å². The highest BCUT2D eigenvalue weighted by Gasteiger charge is 2.27. The lowest BCUT2D eigenvalue weighted by atomic mass is 9.94. The molecule has 172 valence electrons. The molecule has 1 atom stereocenters. The monoisotopic (exact) mass is 458 g/mol. The molecule has 1 aliphatic heterocycles. The van der Waals surface area contributed by atoms with Crippen LogP contribution < -0.4 is 15.4 Å². The van der Waals surface area contributed by atoms with E-state index >= 15 is 0 Å². The molecule has 1 aliphatic rings. The van der Waals surface area contributed by atoms with Gasteiger partial charge >= 0.3 is 6.18 Å². The number of rotatable bonds is 6. The van der Waals surface area contributed by atoms with Crippen LogP contribution in [-0.2, 0) is 6.42 Å². The van der Waals surface area contributed by atoms with E-state index in [4.69, 9.17) is 4.74 Å². The first-order chi connectivity index (χ1) is 15.8. The van der Waals surface area contributed by atoms with Gasteiger partial charge in [-0.3, -0.25) is 4.79 Å². The zero-order chi connectivity index (χ0) is 23.4. The molecule has 0 bridgehead atoms. The highest BCUT2D eigenvalue weighted by molar-refractivity contribution is 5.94. The number of aromatic nitrogens is 4. The average Bonchev–Trinajstić information content (AvgIpc) is 2.79. The summed E-state index contributed by atoms with van der Waals surface area (Å²) in [4.78, 5) is 29.0. The van der Waals surface area contributed by atoms with E-state index in [9.17, 15) is 18.0 Å². The van der Waals surface area contributed by atoms with Crippen molar-refractivity contribution < 1.29 is 22.7 Å². The maximum atomic E-state index is 12.6. The molecule has 0 saturated carbocycles. The lowest BCUT2D eigenvalue weighted by molar-refractivity contribution is -0.131. The Hall–Kier alpha value is -3.76. The molecule has 2 aromatic heterocycles. The molecule has 0 fully saturated rings. The van der Waals surface area contributed by atoms with E-state index in [1.54, 1.807) is 12.4 Å². The number of nitrogens with zero attached hydrogens (tertiary/aromatic N) is 4. The number of alkyl halides is 3. The highest BCUT2D eigenvalue weighted by atomic mass is 19.4. The van der Waals surface area contributed by atoms with E-state index < -0.39 is 18.5 Å². The summed E-state index contributed by atoms with van der Waals surface area (Å²) in [7, 11) is 0. The molecule has 0 spiro atoms. The smallest absolute Gasteiger partial charge is 0.390 e. The fourth-order valence-corrected chi connectivity index (χ4v) is 3.42. The van der Waals surface area contributed by atoms with E-state index in [2.05, 4.69) is 30.6 Å². The summed E-state index contributed by atoms with van der Waals surface area (Å²) in [6, 6.07) is 5.44. The zero-order valence-electron chi connectivity index (χ0n) is 17.7. The number of carbonyl (C=O) groups is 1. The minimum atomic E-state index is -4.26. The summed E-state index contributed by atoms with van der Waals surface area (Å²) in [5.74, 6) is 1.05. The van der Waals surface area contributed by atoms with Crippen molar-refractivity contribution >= 4 is 11.9 Å². The average molecular weight is 458 g/mol. The Bertz CT molecular complexity index is 1120. The Balaban J connectivity index is 1.40. The van der Waals surface area contributed by atoms with Crippen LogP contribution in [0, 0.1) is 6.92 Å². The van der Waals surface area contributed by atoms with Gasteiger partial charge in [-0.05, 0) is 18.6 Å². The summed E-state index contributed by atoms with van der Waals surface area (Å²) in [6.45, 7) is 1.76. The fourth-order valence-electron chi connectivity index (χ4n) is 3.42. The first-order valence-corrected chi connectivity index (χ1v) is 10.3. The Morgan fingerprint density at radius 1 is 1.12 bits per heavy atom. The quantitative estimate of drug-likeness (QED) is 0.584.